The summed E-state index contributed by atoms with van der Waals surface area (Å²) >= 11 is 18.9. The fraction of sp³-hybridized carbons (Fsp3) is 0. The Hall–Kier alpha value is -3.23. The lowest BCUT2D eigenvalue weighted by atomic mass is 10.2. The average molecular weight is 544 g/mol. The van der Waals surface area contributed by atoms with Crippen molar-refractivity contribution < 1.29 is 8.42 Å². The minimum absolute atomic E-state index is 0.176. The smallest absolute Gasteiger partial charge is 0.206 e. The van der Waals surface area contributed by atoms with E-state index >= 15 is 0 Å². The molecule has 5 rings (SSSR count). The Morgan fingerprint density at radius 1 is 0.686 bits per heavy atom. The van der Waals surface area contributed by atoms with Gasteiger partial charge in [0.2, 0.25) is 9.84 Å². The van der Waals surface area contributed by atoms with Gasteiger partial charge in [-0.05, 0) is 48.5 Å². The molecule has 10 heteroatoms. The number of hydrogen-bond acceptors (Lipinski definition) is 6. The van der Waals surface area contributed by atoms with E-state index < -0.39 is 9.84 Å². The summed E-state index contributed by atoms with van der Waals surface area (Å²) in [6.07, 6.45) is 0. The van der Waals surface area contributed by atoms with Gasteiger partial charge in [-0.3, -0.25) is 5.43 Å². The Morgan fingerprint density at radius 2 is 1.26 bits per heavy atom. The molecule has 0 atom stereocenters. The van der Waals surface area contributed by atoms with Gasteiger partial charge in [-0.15, -0.1) is 10.2 Å². The minimum Gasteiger partial charge on any atom is -0.259 e. The molecule has 1 N–H and O–H groups in total. The first-order valence-corrected chi connectivity index (χ1v) is 13.0. The summed E-state index contributed by atoms with van der Waals surface area (Å²) in [5, 5.41) is 8.87. The zero-order chi connectivity index (χ0) is 24.6. The summed E-state index contributed by atoms with van der Waals surface area (Å²) in [5.41, 5.74) is 5.20. The van der Waals surface area contributed by atoms with Gasteiger partial charge >= 0.3 is 0 Å². The highest BCUT2D eigenvalue weighted by Gasteiger charge is 2.29. The van der Waals surface area contributed by atoms with Crippen LogP contribution in [0.4, 0.5) is 11.4 Å². The van der Waals surface area contributed by atoms with Crippen molar-refractivity contribution in [3.63, 3.8) is 0 Å². The van der Waals surface area contributed by atoms with Gasteiger partial charge in [-0.2, -0.15) is 5.12 Å². The molecule has 0 aromatic heterocycles. The van der Waals surface area contributed by atoms with Crippen LogP contribution in [0, 0.1) is 0 Å². The van der Waals surface area contributed by atoms with Gasteiger partial charge in [0.15, 0.2) is 5.84 Å². The minimum atomic E-state index is -3.65. The number of nitrogens with one attached hydrogen (secondary N) is 1. The number of benzene rings is 4. The highest BCUT2D eigenvalue weighted by atomic mass is 35.5. The molecule has 0 spiro atoms. The van der Waals surface area contributed by atoms with Crippen molar-refractivity contribution in [1.82, 2.24) is 5.43 Å². The molecule has 0 saturated carbocycles. The molecule has 0 unspecified atom stereocenters. The van der Waals surface area contributed by atoms with E-state index in [0.717, 1.165) is 5.56 Å². The summed E-state index contributed by atoms with van der Waals surface area (Å²) in [7, 11) is -3.65. The summed E-state index contributed by atoms with van der Waals surface area (Å²) in [6.45, 7) is 0. The number of anilines is 2. The predicted molar refractivity (Wildman–Crippen MR) is 141 cm³/mol. The molecule has 0 aliphatic carbocycles. The third-order valence-corrected chi connectivity index (χ3v) is 8.10. The van der Waals surface area contributed by atoms with E-state index in [-0.39, 0.29) is 9.79 Å². The zero-order valence-electron chi connectivity index (χ0n) is 17.9. The monoisotopic (exact) mass is 542 g/mol. The van der Waals surface area contributed by atoms with Gasteiger partial charge < -0.3 is 0 Å². The molecule has 0 saturated heterocycles. The molecular weight excluding hydrogens is 527 g/mol. The third kappa shape index (κ3) is 4.56. The highest BCUT2D eigenvalue weighted by molar-refractivity contribution is 7.91. The summed E-state index contributed by atoms with van der Waals surface area (Å²) in [6, 6.07) is 27.5. The molecule has 6 nitrogen and oxygen atoms in total. The van der Waals surface area contributed by atoms with E-state index in [1.165, 1.54) is 0 Å². The molecule has 0 amide bonds. The zero-order valence-corrected chi connectivity index (χ0v) is 21.0. The van der Waals surface area contributed by atoms with Crippen molar-refractivity contribution in [3.8, 4) is 0 Å². The molecule has 35 heavy (non-hydrogen) atoms. The van der Waals surface area contributed by atoms with E-state index in [1.54, 1.807) is 77.0 Å². The Morgan fingerprint density at radius 3 is 1.91 bits per heavy atom. The predicted octanol–water partition coefficient (Wildman–Crippen LogP) is 6.59. The normalized spacial score (nSPS) is 13.5. The lowest BCUT2D eigenvalue weighted by molar-refractivity contribution is 0.596. The third-order valence-electron chi connectivity index (χ3n) is 5.29. The maximum Gasteiger partial charge on any atom is 0.206 e. The van der Waals surface area contributed by atoms with Crippen LogP contribution in [-0.4, -0.2) is 14.3 Å². The van der Waals surface area contributed by atoms with Gasteiger partial charge in [0.25, 0.3) is 0 Å². The Labute approximate surface area is 217 Å². The second-order valence-electron chi connectivity index (χ2n) is 7.56. The van der Waals surface area contributed by atoms with Gasteiger partial charge in [0.05, 0.1) is 30.5 Å². The van der Waals surface area contributed by atoms with Crippen LogP contribution in [0.25, 0.3) is 0 Å². The van der Waals surface area contributed by atoms with Gasteiger partial charge in [-0.1, -0.05) is 83.3 Å². The number of nitrogens with zero attached hydrogens (tertiary/aromatic N) is 3. The van der Waals surface area contributed by atoms with Crippen LogP contribution in [0.1, 0.15) is 5.56 Å². The number of rotatable bonds is 5. The fourth-order valence-electron chi connectivity index (χ4n) is 3.53. The first kappa shape index (κ1) is 23.5. The number of amidine groups is 1. The van der Waals surface area contributed by atoms with E-state index in [4.69, 9.17) is 39.9 Å². The average Bonchev–Trinajstić information content (AvgIpc) is 3.32. The van der Waals surface area contributed by atoms with Crippen LogP contribution in [0.5, 0.6) is 0 Å². The molecule has 0 radical (unpaired) electrons. The Balaban J connectivity index is 1.54. The molecule has 0 fully saturated rings. The highest BCUT2D eigenvalue weighted by Crippen LogP contribution is 2.37. The van der Waals surface area contributed by atoms with Crippen LogP contribution < -0.4 is 15.7 Å². The first-order chi connectivity index (χ1) is 16.8. The first-order valence-electron chi connectivity index (χ1n) is 10.4. The van der Waals surface area contributed by atoms with Gasteiger partial charge in [0.1, 0.15) is 5.69 Å². The second-order valence-corrected chi connectivity index (χ2v) is 10.7. The lowest BCUT2D eigenvalue weighted by Crippen LogP contribution is -2.44. The standard InChI is InChI=1S/C25H17Cl3N4O2S/c26-21-15-23(28)24(16-22(21)27)32-30-25(17-7-3-1-4-8-17)29-31(32)18-11-13-20(14-12-18)35(33,34)19-9-5-2-6-10-19/h1-16H,(H,29,30). The molecule has 0 bridgehead atoms. The molecular formula is C25H17Cl3N4O2S. The van der Waals surface area contributed by atoms with E-state index in [0.29, 0.717) is 32.3 Å². The van der Waals surface area contributed by atoms with Crippen molar-refractivity contribution in [2.45, 2.75) is 9.79 Å². The van der Waals surface area contributed by atoms with Crippen LogP contribution in [0.15, 0.2) is 112 Å². The summed E-state index contributed by atoms with van der Waals surface area (Å²) < 4.78 is 26.0. The van der Waals surface area contributed by atoms with E-state index in [2.05, 4.69) is 5.43 Å². The lowest BCUT2D eigenvalue weighted by Gasteiger charge is -2.28. The molecule has 1 aliphatic rings. The number of hydrazine groups is 2. The van der Waals surface area contributed by atoms with Crippen molar-refractivity contribution in [2.75, 3.05) is 10.2 Å². The summed E-state index contributed by atoms with van der Waals surface area (Å²) in [4.78, 5) is 0.404. The molecule has 4 aromatic carbocycles. The van der Waals surface area contributed by atoms with Crippen molar-refractivity contribution in [2.24, 2.45) is 5.10 Å². The number of hydrazone groups is 1. The molecule has 1 heterocycles. The topological polar surface area (TPSA) is 65.0 Å². The SMILES string of the molecule is O=S(=O)(c1ccccc1)c1ccc(N2NC(c3ccccc3)=NN2c2cc(Cl)c(Cl)cc2Cl)cc1. The quantitative estimate of drug-likeness (QED) is 0.288. The molecule has 176 valence electrons. The van der Waals surface area contributed by atoms with E-state index in [1.807, 2.05) is 30.3 Å². The number of halogens is 3. The fourth-order valence-corrected chi connectivity index (χ4v) is 5.43. The maximum atomic E-state index is 13.0. The number of sulfone groups is 1. The van der Waals surface area contributed by atoms with Crippen LogP contribution >= 0.6 is 34.8 Å². The van der Waals surface area contributed by atoms with Gasteiger partial charge in [-0.25, -0.2) is 8.42 Å². The largest absolute Gasteiger partial charge is 0.259 e. The molecule has 4 aromatic rings. The van der Waals surface area contributed by atoms with E-state index in [9.17, 15) is 8.42 Å². The molecule has 1 aliphatic heterocycles. The van der Waals surface area contributed by atoms with Crippen LogP contribution in [-0.2, 0) is 9.84 Å². The van der Waals surface area contributed by atoms with Gasteiger partial charge in [0, 0.05) is 5.56 Å². The Bertz CT molecular complexity index is 1510. The maximum absolute atomic E-state index is 13.0. The number of hydrogen-bond donors (Lipinski definition) is 1. The second kappa shape index (κ2) is 9.43. The Kier molecular flexibility index (Phi) is 6.34. The van der Waals surface area contributed by atoms with Crippen molar-refractivity contribution in [1.29, 1.82) is 0 Å². The summed E-state index contributed by atoms with van der Waals surface area (Å²) in [5.74, 6) is 0.564. The van der Waals surface area contributed by atoms with Crippen molar-refractivity contribution >= 4 is 61.9 Å². The van der Waals surface area contributed by atoms with Crippen molar-refractivity contribution in [3.05, 3.63) is 118 Å². The van der Waals surface area contributed by atoms with Crippen LogP contribution in [0.3, 0.4) is 0 Å². The van der Waals surface area contributed by atoms with Crippen LogP contribution in [0.2, 0.25) is 15.1 Å².